The van der Waals surface area contributed by atoms with Crippen molar-refractivity contribution in [3.63, 3.8) is 0 Å². The van der Waals surface area contributed by atoms with E-state index in [0.29, 0.717) is 24.7 Å². The fourth-order valence-corrected chi connectivity index (χ4v) is 2.55. The predicted molar refractivity (Wildman–Crippen MR) is 87.1 cm³/mol. The highest BCUT2D eigenvalue weighted by Crippen LogP contribution is 2.32. The summed E-state index contributed by atoms with van der Waals surface area (Å²) in [6.07, 6.45) is 4.34. The van der Waals surface area contributed by atoms with Crippen LogP contribution in [0.4, 0.5) is 5.82 Å². The summed E-state index contributed by atoms with van der Waals surface area (Å²) >= 11 is 0. The van der Waals surface area contributed by atoms with E-state index in [1.54, 1.807) is 0 Å². The molecule has 0 spiro atoms. The number of nitrogens with two attached hydrogens (primary N) is 1. The Bertz CT molecular complexity index is 434. The van der Waals surface area contributed by atoms with E-state index in [9.17, 15) is 4.79 Å². The third kappa shape index (κ3) is 6.29. The predicted octanol–water partition coefficient (Wildman–Crippen LogP) is 3.09. The number of aryl methyl sites for hydroxylation is 1. The number of nitrogens with one attached hydrogen (secondary N) is 2. The first-order chi connectivity index (χ1) is 9.86. The molecule has 0 radical (unpaired) electrons. The molecule has 1 amide bonds. The summed E-state index contributed by atoms with van der Waals surface area (Å²) in [5.74, 6) is 1.11. The third-order valence-corrected chi connectivity index (χ3v) is 3.88. The molecular weight excluding hydrogens is 264 g/mol. The fraction of sp³-hybridized carbons (Fsp3) is 0.750. The van der Waals surface area contributed by atoms with Crippen molar-refractivity contribution in [2.24, 2.45) is 17.1 Å². The van der Waals surface area contributed by atoms with Crippen molar-refractivity contribution < 1.29 is 4.79 Å². The van der Waals surface area contributed by atoms with Crippen LogP contribution in [-0.2, 0) is 11.2 Å². The zero-order valence-corrected chi connectivity index (χ0v) is 13.8. The molecule has 5 heteroatoms. The number of rotatable bonds is 8. The zero-order chi connectivity index (χ0) is 15.9. The summed E-state index contributed by atoms with van der Waals surface area (Å²) in [4.78, 5) is 12.0. The van der Waals surface area contributed by atoms with Crippen LogP contribution in [0.3, 0.4) is 0 Å². The van der Waals surface area contributed by atoms with Crippen LogP contribution >= 0.6 is 0 Å². The molecule has 0 aliphatic carbocycles. The number of H-pyrrole nitrogens is 1. The van der Waals surface area contributed by atoms with Gasteiger partial charge in [0.05, 0.1) is 0 Å². The van der Waals surface area contributed by atoms with Gasteiger partial charge in [0.2, 0.25) is 5.91 Å². The minimum absolute atomic E-state index is 0.0239. The van der Waals surface area contributed by atoms with Gasteiger partial charge >= 0.3 is 0 Å². The van der Waals surface area contributed by atoms with Crippen molar-refractivity contribution >= 4 is 11.7 Å². The molecule has 5 nitrogen and oxygen atoms in total. The zero-order valence-electron chi connectivity index (χ0n) is 13.8. The Morgan fingerprint density at radius 3 is 2.71 bits per heavy atom. The number of amides is 1. The lowest BCUT2D eigenvalue weighted by atomic mass is 9.76. The summed E-state index contributed by atoms with van der Waals surface area (Å²) in [5, 5.41) is 9.91. The minimum atomic E-state index is 0.0239. The highest BCUT2D eigenvalue weighted by molar-refractivity contribution is 5.89. The van der Waals surface area contributed by atoms with E-state index in [1.165, 1.54) is 0 Å². The van der Waals surface area contributed by atoms with Gasteiger partial charge in [0, 0.05) is 18.2 Å². The average Bonchev–Trinajstić information content (AvgIpc) is 2.81. The van der Waals surface area contributed by atoms with Crippen LogP contribution in [0.2, 0.25) is 0 Å². The SMILES string of the molecule is CCCc1cc(NC(=O)CCC(CCN)C(C)(C)C)n[nH]1. The maximum atomic E-state index is 12.0. The van der Waals surface area contributed by atoms with Crippen LogP contribution in [0.5, 0.6) is 0 Å². The maximum absolute atomic E-state index is 12.0. The second kappa shape index (κ2) is 8.17. The topological polar surface area (TPSA) is 83.8 Å². The smallest absolute Gasteiger partial charge is 0.225 e. The van der Waals surface area contributed by atoms with Crippen molar-refractivity contribution in [1.29, 1.82) is 0 Å². The van der Waals surface area contributed by atoms with E-state index >= 15 is 0 Å². The number of carbonyl (C=O) groups is 1. The van der Waals surface area contributed by atoms with Crippen molar-refractivity contribution in [2.75, 3.05) is 11.9 Å². The van der Waals surface area contributed by atoms with Crippen LogP contribution in [0.15, 0.2) is 6.07 Å². The molecule has 1 aromatic rings. The number of nitrogens with zero attached hydrogens (tertiary/aromatic N) is 1. The molecule has 120 valence electrons. The molecular formula is C16H30N4O. The molecule has 0 aliphatic heterocycles. The van der Waals surface area contributed by atoms with Crippen LogP contribution in [0, 0.1) is 11.3 Å². The second-order valence-electron chi connectivity index (χ2n) is 6.76. The van der Waals surface area contributed by atoms with Gasteiger partial charge in [-0.15, -0.1) is 0 Å². The summed E-state index contributed by atoms with van der Waals surface area (Å²) in [5.41, 5.74) is 6.91. The number of aromatic amines is 1. The van der Waals surface area contributed by atoms with Gasteiger partial charge in [-0.05, 0) is 37.1 Å². The summed E-state index contributed by atoms with van der Waals surface area (Å²) in [6.45, 7) is 9.40. The third-order valence-electron chi connectivity index (χ3n) is 3.88. The second-order valence-corrected chi connectivity index (χ2v) is 6.76. The summed E-state index contributed by atoms with van der Waals surface area (Å²) < 4.78 is 0. The van der Waals surface area contributed by atoms with E-state index in [-0.39, 0.29) is 11.3 Å². The lowest BCUT2D eigenvalue weighted by molar-refractivity contribution is -0.116. The molecule has 1 aromatic heterocycles. The number of hydrogen-bond donors (Lipinski definition) is 3. The minimum Gasteiger partial charge on any atom is -0.330 e. The Hall–Kier alpha value is -1.36. The number of carbonyl (C=O) groups excluding carboxylic acids is 1. The van der Waals surface area contributed by atoms with E-state index in [1.807, 2.05) is 6.07 Å². The maximum Gasteiger partial charge on any atom is 0.225 e. The number of anilines is 1. The Morgan fingerprint density at radius 1 is 1.43 bits per heavy atom. The number of aromatic nitrogens is 2. The Kier molecular flexibility index (Phi) is 6.89. The molecule has 1 rings (SSSR count). The Balaban J connectivity index is 2.45. The van der Waals surface area contributed by atoms with Gasteiger partial charge < -0.3 is 11.1 Å². The number of hydrogen-bond acceptors (Lipinski definition) is 3. The van der Waals surface area contributed by atoms with E-state index in [2.05, 4.69) is 43.2 Å². The molecule has 0 aromatic carbocycles. The van der Waals surface area contributed by atoms with Gasteiger partial charge in [-0.2, -0.15) is 5.10 Å². The van der Waals surface area contributed by atoms with Gasteiger partial charge in [-0.1, -0.05) is 34.1 Å². The van der Waals surface area contributed by atoms with Crippen molar-refractivity contribution in [1.82, 2.24) is 10.2 Å². The fourth-order valence-electron chi connectivity index (χ4n) is 2.55. The standard InChI is InChI=1S/C16H30N4O/c1-5-6-13-11-14(20-19-13)18-15(21)8-7-12(9-10-17)16(2,3)4/h11-12H,5-10,17H2,1-4H3,(H2,18,19,20,21). The first kappa shape index (κ1) is 17.7. The molecule has 0 saturated heterocycles. The van der Waals surface area contributed by atoms with Crippen molar-refractivity contribution in [3.05, 3.63) is 11.8 Å². The van der Waals surface area contributed by atoms with Gasteiger partial charge in [0.15, 0.2) is 5.82 Å². The van der Waals surface area contributed by atoms with Gasteiger partial charge in [0.25, 0.3) is 0 Å². The molecule has 4 N–H and O–H groups in total. The Morgan fingerprint density at radius 2 is 2.14 bits per heavy atom. The van der Waals surface area contributed by atoms with Gasteiger partial charge in [-0.3, -0.25) is 9.89 Å². The van der Waals surface area contributed by atoms with E-state index in [0.717, 1.165) is 31.4 Å². The quantitative estimate of drug-likeness (QED) is 0.689. The largest absolute Gasteiger partial charge is 0.330 e. The van der Waals surface area contributed by atoms with E-state index in [4.69, 9.17) is 5.73 Å². The van der Waals surface area contributed by atoms with Gasteiger partial charge in [0.1, 0.15) is 0 Å². The molecule has 21 heavy (non-hydrogen) atoms. The molecule has 1 unspecified atom stereocenters. The Labute approximate surface area is 128 Å². The molecule has 0 bridgehead atoms. The van der Waals surface area contributed by atoms with Crippen LogP contribution < -0.4 is 11.1 Å². The summed E-state index contributed by atoms with van der Waals surface area (Å²) in [7, 11) is 0. The summed E-state index contributed by atoms with van der Waals surface area (Å²) in [6, 6.07) is 1.91. The molecule has 0 saturated carbocycles. The molecule has 1 heterocycles. The van der Waals surface area contributed by atoms with Crippen molar-refractivity contribution in [2.45, 2.75) is 59.8 Å². The lowest BCUT2D eigenvalue weighted by Crippen LogP contribution is -2.25. The van der Waals surface area contributed by atoms with Crippen LogP contribution in [-0.4, -0.2) is 22.6 Å². The highest BCUT2D eigenvalue weighted by Gasteiger charge is 2.24. The molecule has 0 fully saturated rings. The molecule has 1 atom stereocenters. The molecule has 0 aliphatic rings. The normalized spacial score (nSPS) is 13.2. The van der Waals surface area contributed by atoms with Crippen LogP contribution in [0.25, 0.3) is 0 Å². The van der Waals surface area contributed by atoms with Crippen molar-refractivity contribution in [3.8, 4) is 0 Å². The highest BCUT2D eigenvalue weighted by atomic mass is 16.1. The average molecular weight is 294 g/mol. The van der Waals surface area contributed by atoms with E-state index < -0.39 is 0 Å². The first-order valence-electron chi connectivity index (χ1n) is 7.91. The lowest BCUT2D eigenvalue weighted by Gasteiger charge is -2.30. The monoisotopic (exact) mass is 294 g/mol. The van der Waals surface area contributed by atoms with Gasteiger partial charge in [-0.25, -0.2) is 0 Å². The van der Waals surface area contributed by atoms with Crippen LogP contribution in [0.1, 0.15) is 59.1 Å². The first-order valence-corrected chi connectivity index (χ1v) is 7.91.